The van der Waals surface area contributed by atoms with Crippen LogP contribution >= 0.6 is 0 Å². The number of alkyl halides is 3. The molecular formula is C17H22F3NO. The number of benzene rings is 1. The van der Waals surface area contributed by atoms with Crippen LogP contribution in [0.3, 0.4) is 0 Å². The van der Waals surface area contributed by atoms with Gasteiger partial charge in [0.15, 0.2) is 0 Å². The number of unbranched alkanes of at least 4 members (excludes halogenated alkanes) is 1. The molecule has 0 aliphatic heterocycles. The number of hydrogen-bond acceptors (Lipinski definition) is 2. The molecule has 0 radical (unpaired) electrons. The Balaban J connectivity index is 2.62. The molecule has 0 fully saturated rings. The van der Waals surface area contributed by atoms with Crippen molar-refractivity contribution in [2.75, 3.05) is 6.54 Å². The van der Waals surface area contributed by atoms with Gasteiger partial charge in [-0.15, -0.1) is 0 Å². The van der Waals surface area contributed by atoms with E-state index < -0.39 is 18.2 Å². The standard InChI is InChI=1S/C17H22F3NO/c1-3-4-6-9-14(2)22-16(17(18,19)20)21-13-12-15-10-7-5-8-11-15/h5-11,14H,3-4,12-13H2,1-2H3/b9-6+,21-16?/t14-/m1/s1. The maximum Gasteiger partial charge on any atom is 0.468 e. The van der Waals surface area contributed by atoms with Crippen molar-refractivity contribution < 1.29 is 17.9 Å². The van der Waals surface area contributed by atoms with Crippen LogP contribution < -0.4 is 0 Å². The molecule has 1 aromatic rings. The van der Waals surface area contributed by atoms with Gasteiger partial charge in [0.1, 0.15) is 6.10 Å². The number of aliphatic imine (C=N–C) groups is 1. The highest BCUT2D eigenvalue weighted by molar-refractivity contribution is 5.82. The summed E-state index contributed by atoms with van der Waals surface area (Å²) in [6.07, 6.45) is 0.447. The molecule has 0 spiro atoms. The van der Waals surface area contributed by atoms with Crippen molar-refractivity contribution in [3.8, 4) is 0 Å². The smallest absolute Gasteiger partial charge is 0.467 e. The molecule has 0 bridgehead atoms. The van der Waals surface area contributed by atoms with Crippen LogP contribution in [-0.2, 0) is 11.2 Å². The van der Waals surface area contributed by atoms with Crippen LogP contribution in [0.2, 0.25) is 0 Å². The van der Waals surface area contributed by atoms with E-state index in [2.05, 4.69) is 4.99 Å². The molecule has 22 heavy (non-hydrogen) atoms. The highest BCUT2D eigenvalue weighted by Gasteiger charge is 2.38. The Labute approximate surface area is 129 Å². The van der Waals surface area contributed by atoms with Crippen molar-refractivity contribution in [1.29, 1.82) is 0 Å². The fourth-order valence-electron chi connectivity index (χ4n) is 1.79. The fourth-order valence-corrected chi connectivity index (χ4v) is 1.79. The Bertz CT molecular complexity index is 480. The molecule has 0 aliphatic rings. The molecule has 5 heteroatoms. The molecule has 122 valence electrons. The summed E-state index contributed by atoms with van der Waals surface area (Å²) >= 11 is 0. The van der Waals surface area contributed by atoms with E-state index in [1.54, 1.807) is 13.0 Å². The molecule has 0 heterocycles. The normalized spacial score (nSPS) is 14.3. The lowest BCUT2D eigenvalue weighted by molar-refractivity contribution is -0.0808. The summed E-state index contributed by atoms with van der Waals surface area (Å²) in [5, 5.41) is 0. The van der Waals surface area contributed by atoms with Crippen LogP contribution in [0.5, 0.6) is 0 Å². The zero-order chi connectivity index (χ0) is 16.4. The minimum atomic E-state index is -4.57. The molecule has 0 saturated heterocycles. The van der Waals surface area contributed by atoms with E-state index in [1.807, 2.05) is 43.3 Å². The van der Waals surface area contributed by atoms with Gasteiger partial charge in [-0.1, -0.05) is 49.8 Å². The minimum Gasteiger partial charge on any atom is -0.467 e. The first-order valence-corrected chi connectivity index (χ1v) is 7.42. The van der Waals surface area contributed by atoms with Crippen molar-refractivity contribution >= 4 is 5.90 Å². The summed E-state index contributed by atoms with van der Waals surface area (Å²) < 4.78 is 43.7. The Kier molecular flexibility index (Phi) is 7.71. The maximum absolute atomic E-state index is 12.9. The van der Waals surface area contributed by atoms with E-state index >= 15 is 0 Å². The van der Waals surface area contributed by atoms with E-state index in [9.17, 15) is 13.2 Å². The average Bonchev–Trinajstić information content (AvgIpc) is 2.46. The van der Waals surface area contributed by atoms with Crippen molar-refractivity contribution in [3.63, 3.8) is 0 Å². The summed E-state index contributed by atoms with van der Waals surface area (Å²) in [4.78, 5) is 3.59. The van der Waals surface area contributed by atoms with Crippen LogP contribution in [-0.4, -0.2) is 24.7 Å². The lowest BCUT2D eigenvalue weighted by Gasteiger charge is -2.15. The summed E-state index contributed by atoms with van der Waals surface area (Å²) in [5.41, 5.74) is 0.948. The number of allylic oxidation sites excluding steroid dienone is 1. The number of ether oxygens (including phenoxy) is 1. The average molecular weight is 313 g/mol. The van der Waals surface area contributed by atoms with Crippen LogP contribution in [0.15, 0.2) is 47.5 Å². The highest BCUT2D eigenvalue weighted by atomic mass is 19.4. The first kappa shape index (κ1) is 18.3. The lowest BCUT2D eigenvalue weighted by Crippen LogP contribution is -2.29. The number of nitrogens with zero attached hydrogens (tertiary/aromatic N) is 1. The third-order valence-electron chi connectivity index (χ3n) is 2.90. The topological polar surface area (TPSA) is 21.6 Å². The molecule has 0 aromatic heterocycles. The van der Waals surface area contributed by atoms with Gasteiger partial charge in [-0.3, -0.25) is 0 Å². The second-order valence-electron chi connectivity index (χ2n) is 4.96. The van der Waals surface area contributed by atoms with Crippen LogP contribution in [0.4, 0.5) is 13.2 Å². The van der Waals surface area contributed by atoms with Gasteiger partial charge in [0.25, 0.3) is 5.90 Å². The lowest BCUT2D eigenvalue weighted by atomic mass is 10.2. The third-order valence-corrected chi connectivity index (χ3v) is 2.90. The van der Waals surface area contributed by atoms with Crippen molar-refractivity contribution in [3.05, 3.63) is 48.0 Å². The van der Waals surface area contributed by atoms with Crippen molar-refractivity contribution in [1.82, 2.24) is 0 Å². The molecule has 2 nitrogen and oxygen atoms in total. The summed E-state index contributed by atoms with van der Waals surface area (Å²) in [6.45, 7) is 3.62. The molecule has 0 N–H and O–H groups in total. The highest BCUT2D eigenvalue weighted by Crippen LogP contribution is 2.20. The predicted octanol–water partition coefficient (Wildman–Crippen LogP) is 4.95. The van der Waals surface area contributed by atoms with E-state index in [-0.39, 0.29) is 6.54 Å². The van der Waals surface area contributed by atoms with Gasteiger partial charge in [-0.05, 0) is 31.4 Å². The van der Waals surface area contributed by atoms with Gasteiger partial charge in [0, 0.05) is 6.54 Å². The van der Waals surface area contributed by atoms with Gasteiger partial charge in [-0.25, -0.2) is 4.99 Å². The second-order valence-corrected chi connectivity index (χ2v) is 4.96. The minimum absolute atomic E-state index is 0.0459. The number of rotatable bonds is 7. The van der Waals surface area contributed by atoms with Crippen molar-refractivity contribution in [2.45, 2.75) is 45.4 Å². The SMILES string of the molecule is CCC/C=C/[C@@H](C)OC(=NCCc1ccccc1)C(F)(F)F. The zero-order valence-electron chi connectivity index (χ0n) is 12.9. The van der Waals surface area contributed by atoms with Gasteiger partial charge in [-0.2, -0.15) is 13.2 Å². The summed E-state index contributed by atoms with van der Waals surface area (Å²) in [5.74, 6) is -1.16. The molecule has 0 amide bonds. The van der Waals surface area contributed by atoms with Gasteiger partial charge >= 0.3 is 6.18 Å². The largest absolute Gasteiger partial charge is 0.468 e. The maximum atomic E-state index is 12.9. The quantitative estimate of drug-likeness (QED) is 0.396. The zero-order valence-corrected chi connectivity index (χ0v) is 12.9. The number of hydrogen-bond donors (Lipinski definition) is 0. The molecule has 0 unspecified atom stereocenters. The monoisotopic (exact) mass is 313 g/mol. The molecule has 1 atom stereocenters. The first-order valence-electron chi connectivity index (χ1n) is 7.42. The molecule has 0 aliphatic carbocycles. The molecule has 1 rings (SSSR count). The van der Waals surface area contributed by atoms with E-state index in [0.29, 0.717) is 6.42 Å². The first-order chi connectivity index (χ1) is 10.4. The molecular weight excluding hydrogens is 291 g/mol. The predicted molar refractivity (Wildman–Crippen MR) is 83.1 cm³/mol. The van der Waals surface area contributed by atoms with E-state index in [1.165, 1.54) is 0 Å². The summed E-state index contributed by atoms with van der Waals surface area (Å²) in [7, 11) is 0. The Morgan fingerprint density at radius 1 is 1.27 bits per heavy atom. The molecule has 0 saturated carbocycles. The van der Waals surface area contributed by atoms with Crippen molar-refractivity contribution in [2.24, 2.45) is 4.99 Å². The molecule has 1 aromatic carbocycles. The van der Waals surface area contributed by atoms with Gasteiger partial charge < -0.3 is 4.74 Å². The van der Waals surface area contributed by atoms with E-state index in [0.717, 1.165) is 18.4 Å². The third kappa shape index (κ3) is 7.29. The Morgan fingerprint density at radius 3 is 2.55 bits per heavy atom. The van der Waals surface area contributed by atoms with E-state index in [4.69, 9.17) is 4.74 Å². The summed E-state index contributed by atoms with van der Waals surface area (Å²) in [6, 6.07) is 9.28. The van der Waals surface area contributed by atoms with Crippen LogP contribution in [0, 0.1) is 0 Å². The van der Waals surface area contributed by atoms with Crippen LogP contribution in [0.1, 0.15) is 32.3 Å². The Hall–Kier alpha value is -1.78. The second kappa shape index (κ2) is 9.28. The van der Waals surface area contributed by atoms with Gasteiger partial charge in [0.2, 0.25) is 0 Å². The van der Waals surface area contributed by atoms with Gasteiger partial charge in [0.05, 0.1) is 0 Å². The number of halogens is 3. The fraction of sp³-hybridized carbons (Fsp3) is 0.471. The Morgan fingerprint density at radius 2 is 1.95 bits per heavy atom. The van der Waals surface area contributed by atoms with Crippen LogP contribution in [0.25, 0.3) is 0 Å².